The second-order valence-corrected chi connectivity index (χ2v) is 6.33. The van der Waals surface area contributed by atoms with Crippen molar-refractivity contribution < 1.29 is 9.05 Å². The molecule has 0 saturated carbocycles. The van der Waals surface area contributed by atoms with E-state index >= 15 is 0 Å². The van der Waals surface area contributed by atoms with Crippen LogP contribution in [-0.2, 0) is 9.05 Å². The van der Waals surface area contributed by atoms with Gasteiger partial charge in [-0.3, -0.25) is 0 Å². The third kappa shape index (κ3) is 2.14. The standard InChI is InChI=1S/C8H17O2P/c1-6-7(2)10-11(9-6)8(3,4)5/h6-7H,1-5H3. The zero-order chi connectivity index (χ0) is 8.65. The maximum atomic E-state index is 5.68. The average molecular weight is 176 g/mol. The molecule has 0 amide bonds. The van der Waals surface area contributed by atoms with Gasteiger partial charge in [0.05, 0.1) is 12.2 Å². The summed E-state index contributed by atoms with van der Waals surface area (Å²) in [5, 5.41) is 0.161. The predicted octanol–water partition coefficient (Wildman–Crippen LogP) is 2.92. The quantitative estimate of drug-likeness (QED) is 0.528. The highest BCUT2D eigenvalue weighted by molar-refractivity contribution is 7.49. The van der Waals surface area contributed by atoms with Gasteiger partial charge in [-0.2, -0.15) is 0 Å². The fourth-order valence-electron chi connectivity index (χ4n) is 0.815. The van der Waals surface area contributed by atoms with Crippen LogP contribution in [0.1, 0.15) is 34.6 Å². The van der Waals surface area contributed by atoms with Crippen molar-refractivity contribution in [1.29, 1.82) is 0 Å². The minimum atomic E-state index is -0.665. The SMILES string of the molecule is CC1OP(C(C)(C)C)OC1C. The van der Waals surface area contributed by atoms with E-state index in [4.69, 9.17) is 9.05 Å². The molecule has 1 rings (SSSR count). The van der Waals surface area contributed by atoms with Gasteiger partial charge >= 0.3 is 0 Å². The Hall–Kier alpha value is 0.350. The van der Waals surface area contributed by atoms with Crippen LogP contribution < -0.4 is 0 Å². The first kappa shape index (κ1) is 9.44. The molecule has 0 aromatic carbocycles. The molecule has 0 N–H and O–H groups in total. The summed E-state index contributed by atoms with van der Waals surface area (Å²) in [6.07, 6.45) is 0.528. The lowest BCUT2D eigenvalue weighted by Gasteiger charge is -2.23. The minimum absolute atomic E-state index is 0.161. The Bertz CT molecular complexity index is 132. The summed E-state index contributed by atoms with van der Waals surface area (Å²) in [5.74, 6) is 0. The molecule has 66 valence electrons. The lowest BCUT2D eigenvalue weighted by molar-refractivity contribution is 0.187. The van der Waals surface area contributed by atoms with Crippen molar-refractivity contribution >= 4 is 8.38 Å². The van der Waals surface area contributed by atoms with Crippen LogP contribution in [-0.4, -0.2) is 17.4 Å². The van der Waals surface area contributed by atoms with Gasteiger partial charge in [-0.05, 0) is 13.8 Å². The number of hydrogen-bond donors (Lipinski definition) is 0. The summed E-state index contributed by atoms with van der Waals surface area (Å²) in [6, 6.07) is 0. The van der Waals surface area contributed by atoms with Gasteiger partial charge in [0.1, 0.15) is 0 Å². The number of hydrogen-bond acceptors (Lipinski definition) is 2. The number of rotatable bonds is 0. The van der Waals surface area contributed by atoms with Crippen LogP contribution in [0.4, 0.5) is 0 Å². The van der Waals surface area contributed by atoms with Gasteiger partial charge in [0.25, 0.3) is 0 Å². The topological polar surface area (TPSA) is 18.5 Å². The molecule has 1 aliphatic heterocycles. The summed E-state index contributed by atoms with van der Waals surface area (Å²) < 4.78 is 11.4. The molecule has 2 nitrogen and oxygen atoms in total. The van der Waals surface area contributed by atoms with Crippen molar-refractivity contribution in [2.24, 2.45) is 0 Å². The van der Waals surface area contributed by atoms with E-state index in [0.717, 1.165) is 0 Å². The molecule has 0 radical (unpaired) electrons. The van der Waals surface area contributed by atoms with Gasteiger partial charge < -0.3 is 9.05 Å². The zero-order valence-electron chi connectivity index (χ0n) is 7.92. The van der Waals surface area contributed by atoms with E-state index in [1.807, 2.05) is 0 Å². The van der Waals surface area contributed by atoms with Gasteiger partial charge in [-0.1, -0.05) is 20.8 Å². The Labute approximate surface area is 70.2 Å². The monoisotopic (exact) mass is 176 g/mol. The molecule has 0 bridgehead atoms. The van der Waals surface area contributed by atoms with E-state index in [1.54, 1.807) is 0 Å². The van der Waals surface area contributed by atoms with Crippen LogP contribution in [0.15, 0.2) is 0 Å². The highest BCUT2D eigenvalue weighted by Crippen LogP contribution is 2.57. The fraction of sp³-hybridized carbons (Fsp3) is 1.00. The van der Waals surface area contributed by atoms with Crippen LogP contribution in [0.5, 0.6) is 0 Å². The minimum Gasteiger partial charge on any atom is -0.328 e. The molecule has 1 aliphatic rings. The summed E-state index contributed by atoms with van der Waals surface area (Å²) in [4.78, 5) is 0. The summed E-state index contributed by atoms with van der Waals surface area (Å²) in [5.41, 5.74) is 0. The first-order valence-corrected chi connectivity index (χ1v) is 5.23. The molecule has 11 heavy (non-hydrogen) atoms. The molecule has 2 unspecified atom stereocenters. The lowest BCUT2D eigenvalue weighted by atomic mass is 10.3. The molecule has 0 aromatic rings. The Morgan fingerprint density at radius 3 is 1.55 bits per heavy atom. The predicted molar refractivity (Wildman–Crippen MR) is 47.8 cm³/mol. The highest BCUT2D eigenvalue weighted by atomic mass is 31.2. The molecule has 3 heteroatoms. The maximum absolute atomic E-state index is 5.68. The molecule has 1 saturated heterocycles. The Morgan fingerprint density at radius 1 is 1.00 bits per heavy atom. The van der Waals surface area contributed by atoms with E-state index < -0.39 is 8.38 Å². The summed E-state index contributed by atoms with van der Waals surface area (Å²) in [7, 11) is -0.665. The molecule has 0 spiro atoms. The van der Waals surface area contributed by atoms with Gasteiger partial charge in [-0.15, -0.1) is 0 Å². The fourth-order valence-corrected chi connectivity index (χ4v) is 2.44. The Kier molecular flexibility index (Phi) is 2.58. The largest absolute Gasteiger partial charge is 0.328 e. The van der Waals surface area contributed by atoms with E-state index in [-0.39, 0.29) is 17.4 Å². The van der Waals surface area contributed by atoms with Crippen molar-refractivity contribution in [3.63, 3.8) is 0 Å². The normalized spacial score (nSPS) is 39.5. The lowest BCUT2D eigenvalue weighted by Crippen LogP contribution is -2.13. The summed E-state index contributed by atoms with van der Waals surface area (Å²) in [6.45, 7) is 10.6. The van der Waals surface area contributed by atoms with Crippen LogP contribution in [0.25, 0.3) is 0 Å². The van der Waals surface area contributed by atoms with Crippen LogP contribution >= 0.6 is 8.38 Å². The third-order valence-corrected chi connectivity index (χ3v) is 3.88. The van der Waals surface area contributed by atoms with E-state index in [0.29, 0.717) is 0 Å². The smallest absolute Gasteiger partial charge is 0.176 e. The second kappa shape index (κ2) is 3.01. The molecular weight excluding hydrogens is 159 g/mol. The molecule has 1 heterocycles. The van der Waals surface area contributed by atoms with Gasteiger partial charge in [0, 0.05) is 5.16 Å². The van der Waals surface area contributed by atoms with Crippen molar-refractivity contribution in [3.8, 4) is 0 Å². The molecule has 0 aliphatic carbocycles. The van der Waals surface area contributed by atoms with Gasteiger partial charge in [0.15, 0.2) is 8.38 Å². The van der Waals surface area contributed by atoms with E-state index in [9.17, 15) is 0 Å². The average Bonchev–Trinajstić information content (AvgIpc) is 2.11. The Morgan fingerprint density at radius 2 is 1.36 bits per heavy atom. The summed E-state index contributed by atoms with van der Waals surface area (Å²) >= 11 is 0. The molecular formula is C8H17O2P. The molecule has 2 atom stereocenters. The maximum Gasteiger partial charge on any atom is 0.176 e. The second-order valence-electron chi connectivity index (χ2n) is 4.05. The third-order valence-electron chi connectivity index (χ3n) is 1.73. The van der Waals surface area contributed by atoms with E-state index in [2.05, 4.69) is 34.6 Å². The van der Waals surface area contributed by atoms with Crippen molar-refractivity contribution in [3.05, 3.63) is 0 Å². The molecule has 0 aromatic heterocycles. The zero-order valence-corrected chi connectivity index (χ0v) is 8.81. The Balaban J connectivity index is 2.54. The van der Waals surface area contributed by atoms with Crippen molar-refractivity contribution in [1.82, 2.24) is 0 Å². The van der Waals surface area contributed by atoms with Gasteiger partial charge in [0.2, 0.25) is 0 Å². The van der Waals surface area contributed by atoms with Crippen LogP contribution in [0, 0.1) is 0 Å². The van der Waals surface area contributed by atoms with E-state index in [1.165, 1.54) is 0 Å². The van der Waals surface area contributed by atoms with Gasteiger partial charge in [-0.25, -0.2) is 0 Å². The van der Waals surface area contributed by atoms with Crippen LogP contribution in [0.2, 0.25) is 0 Å². The van der Waals surface area contributed by atoms with Crippen LogP contribution in [0.3, 0.4) is 0 Å². The first-order chi connectivity index (χ1) is 4.91. The molecule has 1 fully saturated rings. The van der Waals surface area contributed by atoms with Crippen molar-refractivity contribution in [2.45, 2.75) is 52.0 Å². The van der Waals surface area contributed by atoms with Crippen molar-refractivity contribution in [2.75, 3.05) is 0 Å². The first-order valence-electron chi connectivity index (χ1n) is 4.05. The highest BCUT2D eigenvalue weighted by Gasteiger charge is 2.38.